The van der Waals surface area contributed by atoms with Gasteiger partial charge in [-0.1, -0.05) is 11.3 Å². The van der Waals surface area contributed by atoms with Crippen LogP contribution < -0.4 is 19.9 Å². The SMILES string of the molecule is COc1ccc(OCCN(C)c2nn3c(=O)cc(C)nc3s2)cc1. The van der Waals surface area contributed by atoms with E-state index < -0.39 is 0 Å². The first-order valence-corrected chi connectivity index (χ1v) is 8.24. The van der Waals surface area contributed by atoms with Gasteiger partial charge in [0.2, 0.25) is 10.1 Å². The van der Waals surface area contributed by atoms with Gasteiger partial charge in [0.05, 0.1) is 13.7 Å². The van der Waals surface area contributed by atoms with Gasteiger partial charge >= 0.3 is 0 Å². The quantitative estimate of drug-likeness (QED) is 0.680. The van der Waals surface area contributed by atoms with Crippen LogP contribution in [0.3, 0.4) is 0 Å². The third kappa shape index (κ3) is 3.48. The number of methoxy groups -OCH3 is 1. The minimum absolute atomic E-state index is 0.164. The fourth-order valence-corrected chi connectivity index (χ4v) is 3.07. The van der Waals surface area contributed by atoms with E-state index in [4.69, 9.17) is 9.47 Å². The van der Waals surface area contributed by atoms with E-state index in [1.807, 2.05) is 36.2 Å². The van der Waals surface area contributed by atoms with Crippen molar-refractivity contribution in [3.8, 4) is 11.5 Å². The second-order valence-electron chi connectivity index (χ2n) is 5.26. The van der Waals surface area contributed by atoms with Crippen molar-refractivity contribution < 1.29 is 9.47 Å². The van der Waals surface area contributed by atoms with E-state index in [9.17, 15) is 4.79 Å². The molecule has 0 fully saturated rings. The Balaban J connectivity index is 1.63. The average molecular weight is 346 g/mol. The highest BCUT2D eigenvalue weighted by Gasteiger charge is 2.11. The first kappa shape index (κ1) is 16.3. The molecule has 0 radical (unpaired) electrons. The van der Waals surface area contributed by atoms with Crippen LogP contribution in [0.25, 0.3) is 4.96 Å². The molecule has 0 saturated heterocycles. The van der Waals surface area contributed by atoms with Gasteiger partial charge < -0.3 is 14.4 Å². The first-order chi connectivity index (χ1) is 11.6. The molecular weight excluding hydrogens is 328 g/mol. The van der Waals surface area contributed by atoms with E-state index in [0.717, 1.165) is 16.6 Å². The summed E-state index contributed by atoms with van der Waals surface area (Å²) < 4.78 is 12.1. The monoisotopic (exact) mass is 346 g/mol. The summed E-state index contributed by atoms with van der Waals surface area (Å²) in [6, 6.07) is 8.91. The molecule has 0 saturated carbocycles. The van der Waals surface area contributed by atoms with Crippen molar-refractivity contribution in [2.75, 3.05) is 32.2 Å². The molecule has 0 N–H and O–H groups in total. The summed E-state index contributed by atoms with van der Waals surface area (Å²) in [4.78, 5) is 18.8. The lowest BCUT2D eigenvalue weighted by molar-refractivity contribution is 0.325. The van der Waals surface area contributed by atoms with Gasteiger partial charge in [-0.2, -0.15) is 4.52 Å². The normalized spacial score (nSPS) is 10.8. The standard InChI is InChI=1S/C16H18N4O3S/c1-11-10-14(21)20-15(17-11)24-16(18-20)19(2)8-9-23-13-6-4-12(22-3)5-7-13/h4-7,10H,8-9H2,1-3H3. The molecule has 0 unspecified atom stereocenters. The highest BCUT2D eigenvalue weighted by Crippen LogP contribution is 2.20. The maximum atomic E-state index is 11.9. The van der Waals surface area contributed by atoms with Gasteiger partial charge in [0.25, 0.3) is 5.56 Å². The molecule has 1 aromatic carbocycles. The topological polar surface area (TPSA) is 69.0 Å². The number of benzene rings is 1. The van der Waals surface area contributed by atoms with Crippen LogP contribution in [-0.2, 0) is 0 Å². The Labute approximate surface area is 143 Å². The maximum Gasteiger partial charge on any atom is 0.275 e. The number of aryl methyl sites for hydroxylation is 1. The molecule has 0 bridgehead atoms. The molecule has 126 valence electrons. The van der Waals surface area contributed by atoms with Crippen LogP contribution in [0.1, 0.15) is 5.69 Å². The summed E-state index contributed by atoms with van der Waals surface area (Å²) in [5.41, 5.74) is 0.531. The van der Waals surface area contributed by atoms with Gasteiger partial charge in [-0.05, 0) is 31.2 Å². The third-order valence-corrected chi connectivity index (χ3v) is 4.47. The highest BCUT2D eigenvalue weighted by atomic mass is 32.1. The molecule has 8 heteroatoms. The van der Waals surface area contributed by atoms with Crippen molar-refractivity contribution in [3.05, 3.63) is 46.4 Å². The van der Waals surface area contributed by atoms with E-state index in [1.165, 1.54) is 21.9 Å². The van der Waals surface area contributed by atoms with Crippen LogP contribution in [0, 0.1) is 6.92 Å². The van der Waals surface area contributed by atoms with Crippen LogP contribution >= 0.6 is 11.3 Å². The van der Waals surface area contributed by atoms with E-state index in [1.54, 1.807) is 14.0 Å². The molecule has 0 aliphatic carbocycles. The molecule has 0 aliphatic rings. The van der Waals surface area contributed by atoms with Gasteiger partial charge in [-0.15, -0.1) is 5.10 Å². The van der Waals surface area contributed by atoms with E-state index in [-0.39, 0.29) is 5.56 Å². The fourth-order valence-electron chi connectivity index (χ4n) is 2.13. The number of rotatable bonds is 6. The second kappa shape index (κ2) is 6.88. The molecule has 24 heavy (non-hydrogen) atoms. The Hall–Kier alpha value is -2.61. The number of fused-ring (bicyclic) bond motifs is 1. The zero-order valence-electron chi connectivity index (χ0n) is 13.7. The van der Waals surface area contributed by atoms with Gasteiger partial charge in [0.15, 0.2) is 0 Å². The summed E-state index contributed by atoms with van der Waals surface area (Å²) in [5.74, 6) is 1.57. The van der Waals surface area contributed by atoms with Gasteiger partial charge in [-0.25, -0.2) is 4.98 Å². The summed E-state index contributed by atoms with van der Waals surface area (Å²) in [5, 5.41) is 5.04. The summed E-state index contributed by atoms with van der Waals surface area (Å²) in [7, 11) is 3.54. The average Bonchev–Trinajstić information content (AvgIpc) is 3.00. The van der Waals surface area contributed by atoms with E-state index >= 15 is 0 Å². The van der Waals surface area contributed by atoms with Crippen LogP contribution in [0.5, 0.6) is 11.5 Å². The van der Waals surface area contributed by atoms with Crippen molar-refractivity contribution in [2.45, 2.75) is 6.92 Å². The lowest BCUT2D eigenvalue weighted by Crippen LogP contribution is -2.24. The minimum atomic E-state index is -0.164. The first-order valence-electron chi connectivity index (χ1n) is 7.42. The number of nitrogens with zero attached hydrogens (tertiary/aromatic N) is 4. The Morgan fingerprint density at radius 1 is 1.25 bits per heavy atom. The van der Waals surface area contributed by atoms with Crippen LogP contribution in [0.4, 0.5) is 5.13 Å². The summed E-state index contributed by atoms with van der Waals surface area (Å²) >= 11 is 1.38. The Bertz CT molecular complexity index is 888. The van der Waals surface area contributed by atoms with Gasteiger partial charge in [-0.3, -0.25) is 4.79 Å². The van der Waals surface area contributed by atoms with Crippen molar-refractivity contribution in [3.63, 3.8) is 0 Å². The maximum absolute atomic E-state index is 11.9. The Kier molecular flexibility index (Phi) is 4.66. The molecule has 0 atom stereocenters. The van der Waals surface area contributed by atoms with Crippen LogP contribution in [0.15, 0.2) is 35.1 Å². The fraction of sp³-hybridized carbons (Fsp3) is 0.312. The number of anilines is 1. The highest BCUT2D eigenvalue weighted by molar-refractivity contribution is 7.20. The predicted molar refractivity (Wildman–Crippen MR) is 93.6 cm³/mol. The number of ether oxygens (including phenoxy) is 2. The number of hydrogen-bond donors (Lipinski definition) is 0. The van der Waals surface area contributed by atoms with Gasteiger partial charge in [0.1, 0.15) is 18.1 Å². The van der Waals surface area contributed by atoms with E-state index in [2.05, 4.69) is 10.1 Å². The summed E-state index contributed by atoms with van der Waals surface area (Å²) in [6.45, 7) is 2.94. The predicted octanol–water partition coefficient (Wildman–Crippen LogP) is 1.98. The molecule has 2 aromatic heterocycles. The molecule has 0 spiro atoms. The summed E-state index contributed by atoms with van der Waals surface area (Å²) in [6.07, 6.45) is 0. The van der Waals surface area contributed by atoms with Crippen molar-refractivity contribution in [2.24, 2.45) is 0 Å². The van der Waals surface area contributed by atoms with Crippen LogP contribution in [-0.4, -0.2) is 41.9 Å². The van der Waals surface area contributed by atoms with Crippen molar-refractivity contribution in [1.29, 1.82) is 0 Å². The number of aromatic nitrogens is 3. The van der Waals surface area contributed by atoms with E-state index in [0.29, 0.717) is 23.8 Å². The van der Waals surface area contributed by atoms with Gasteiger partial charge in [0, 0.05) is 18.8 Å². The number of hydrogen-bond acceptors (Lipinski definition) is 7. The molecule has 0 aliphatic heterocycles. The molecule has 2 heterocycles. The molecule has 0 amide bonds. The molecule has 3 aromatic rings. The molecule has 3 rings (SSSR count). The zero-order valence-corrected chi connectivity index (χ0v) is 14.5. The molecular formula is C16H18N4O3S. The second-order valence-corrected chi connectivity index (χ2v) is 6.19. The largest absolute Gasteiger partial charge is 0.497 e. The van der Waals surface area contributed by atoms with Crippen molar-refractivity contribution >= 4 is 21.4 Å². The smallest absolute Gasteiger partial charge is 0.275 e. The lowest BCUT2D eigenvalue weighted by atomic mass is 10.3. The Morgan fingerprint density at radius 2 is 1.96 bits per heavy atom. The Morgan fingerprint density at radius 3 is 2.67 bits per heavy atom. The minimum Gasteiger partial charge on any atom is -0.497 e. The zero-order chi connectivity index (χ0) is 17.1. The van der Waals surface area contributed by atoms with Crippen LogP contribution in [0.2, 0.25) is 0 Å². The lowest BCUT2D eigenvalue weighted by Gasteiger charge is -2.15. The third-order valence-electron chi connectivity index (χ3n) is 3.44. The van der Waals surface area contributed by atoms with Crippen molar-refractivity contribution in [1.82, 2.24) is 14.6 Å². The number of likely N-dealkylation sites (N-methyl/N-ethyl adjacent to an activating group) is 1. The molecule has 7 nitrogen and oxygen atoms in total.